The molecule has 8 heteroatoms. The second kappa shape index (κ2) is 5.58. The number of sulfonamides is 1. The average Bonchev–Trinajstić information content (AvgIpc) is 2.96. The molecule has 0 aromatic carbocycles. The van der Waals surface area contributed by atoms with Crippen LogP contribution in [0.5, 0.6) is 0 Å². The van der Waals surface area contributed by atoms with Gasteiger partial charge in [-0.3, -0.25) is 4.72 Å². The van der Waals surface area contributed by atoms with Crippen LogP contribution in [0.2, 0.25) is 0 Å². The number of hydrogen-bond donors (Lipinski definition) is 2. The lowest BCUT2D eigenvalue weighted by Crippen LogP contribution is -2.12. The van der Waals surface area contributed by atoms with Crippen molar-refractivity contribution in [1.82, 2.24) is 4.98 Å². The highest BCUT2D eigenvalue weighted by molar-refractivity contribution is 7.93. The summed E-state index contributed by atoms with van der Waals surface area (Å²) in [7, 11) is -3.62. The monoisotopic (exact) mass is 318 g/mol. The summed E-state index contributed by atoms with van der Waals surface area (Å²) in [5.74, 6) is 0.261. The van der Waals surface area contributed by atoms with E-state index in [2.05, 4.69) is 9.71 Å². The van der Waals surface area contributed by atoms with E-state index < -0.39 is 10.0 Å². The minimum Gasteiger partial charge on any atom is -0.391 e. The summed E-state index contributed by atoms with van der Waals surface area (Å²) in [4.78, 5) is 5.00. The molecule has 0 aliphatic heterocycles. The maximum Gasteiger partial charge on any atom is 0.264 e. The lowest BCUT2D eigenvalue weighted by atomic mass is 10.2. The number of aromatic nitrogens is 1. The van der Waals surface area contributed by atoms with Gasteiger partial charge < -0.3 is 5.11 Å². The molecule has 2 aromatic rings. The summed E-state index contributed by atoms with van der Waals surface area (Å²) in [6.45, 7) is 3.84. The predicted octanol–water partition coefficient (Wildman–Crippen LogP) is 2.62. The van der Waals surface area contributed by atoms with Crippen molar-refractivity contribution in [3.8, 4) is 0 Å². The summed E-state index contributed by atoms with van der Waals surface area (Å²) in [6.07, 6.45) is 0. The molecular formula is C11H14N2O3S3. The summed E-state index contributed by atoms with van der Waals surface area (Å²) in [6, 6.07) is 1.46. The van der Waals surface area contributed by atoms with Gasteiger partial charge >= 0.3 is 0 Å². The number of aliphatic hydroxyl groups excluding tert-OH is 1. The van der Waals surface area contributed by atoms with Crippen molar-refractivity contribution in [1.29, 1.82) is 0 Å². The van der Waals surface area contributed by atoms with Crippen molar-refractivity contribution in [2.75, 3.05) is 4.72 Å². The largest absolute Gasteiger partial charge is 0.391 e. The van der Waals surface area contributed by atoms with E-state index in [0.717, 1.165) is 5.69 Å². The Morgan fingerprint density at radius 1 is 1.37 bits per heavy atom. The maximum absolute atomic E-state index is 12.1. The molecule has 0 amide bonds. The minimum atomic E-state index is -3.62. The van der Waals surface area contributed by atoms with Crippen molar-refractivity contribution in [2.45, 2.75) is 31.3 Å². The van der Waals surface area contributed by atoms with Crippen molar-refractivity contribution in [2.24, 2.45) is 0 Å². The molecular weight excluding hydrogens is 304 g/mol. The fourth-order valence-electron chi connectivity index (χ4n) is 1.36. The highest BCUT2D eigenvalue weighted by Gasteiger charge is 2.18. The Balaban J connectivity index is 2.20. The number of aliphatic hydroxyl groups is 1. The molecule has 0 spiro atoms. The minimum absolute atomic E-state index is 0.155. The van der Waals surface area contributed by atoms with E-state index in [1.165, 1.54) is 34.1 Å². The molecule has 0 saturated heterocycles. The van der Waals surface area contributed by atoms with E-state index in [9.17, 15) is 8.42 Å². The third-order valence-corrected chi connectivity index (χ3v) is 5.73. The summed E-state index contributed by atoms with van der Waals surface area (Å²) < 4.78 is 26.6. The Kier molecular flexibility index (Phi) is 4.24. The SMILES string of the molecule is CC(C)c1csc(NS(=O)(=O)c2csc(CO)c2)n1. The van der Waals surface area contributed by atoms with E-state index in [0.29, 0.717) is 10.0 Å². The molecule has 104 valence electrons. The predicted molar refractivity (Wildman–Crippen MR) is 77.3 cm³/mol. The van der Waals surface area contributed by atoms with Crippen LogP contribution in [0.15, 0.2) is 21.7 Å². The van der Waals surface area contributed by atoms with Crippen molar-refractivity contribution < 1.29 is 13.5 Å². The van der Waals surface area contributed by atoms with Crippen LogP contribution in [0.4, 0.5) is 5.13 Å². The van der Waals surface area contributed by atoms with E-state index >= 15 is 0 Å². The second-order valence-corrected chi connectivity index (χ2v) is 7.78. The van der Waals surface area contributed by atoms with Gasteiger partial charge in [-0.05, 0) is 12.0 Å². The third kappa shape index (κ3) is 3.33. The molecule has 0 saturated carbocycles. The molecule has 0 aliphatic rings. The number of hydrogen-bond acceptors (Lipinski definition) is 6. The molecule has 5 nitrogen and oxygen atoms in total. The topological polar surface area (TPSA) is 79.3 Å². The van der Waals surface area contributed by atoms with E-state index in [1.807, 2.05) is 19.2 Å². The van der Waals surface area contributed by atoms with E-state index in [4.69, 9.17) is 5.11 Å². The van der Waals surface area contributed by atoms with Crippen molar-refractivity contribution >= 4 is 37.8 Å². The normalized spacial score (nSPS) is 12.0. The molecule has 2 heterocycles. The van der Waals surface area contributed by atoms with Gasteiger partial charge in [0.25, 0.3) is 10.0 Å². The van der Waals surface area contributed by atoms with Crippen LogP contribution in [0.25, 0.3) is 0 Å². The highest BCUT2D eigenvalue weighted by atomic mass is 32.2. The average molecular weight is 318 g/mol. The van der Waals surface area contributed by atoms with Gasteiger partial charge in [-0.2, -0.15) is 0 Å². The van der Waals surface area contributed by atoms with E-state index in [1.54, 1.807) is 0 Å². The number of anilines is 1. The second-order valence-electron chi connectivity index (χ2n) is 4.24. The quantitative estimate of drug-likeness (QED) is 0.888. The van der Waals surface area contributed by atoms with Gasteiger partial charge in [0, 0.05) is 15.6 Å². The Labute approximate surface area is 120 Å². The molecule has 0 radical (unpaired) electrons. The Hall–Kier alpha value is -0.960. The number of rotatable bonds is 5. The highest BCUT2D eigenvalue weighted by Crippen LogP contribution is 2.25. The lowest BCUT2D eigenvalue weighted by Gasteiger charge is -2.02. The zero-order valence-electron chi connectivity index (χ0n) is 10.5. The van der Waals surface area contributed by atoms with Gasteiger partial charge in [0.05, 0.1) is 17.2 Å². The molecule has 0 fully saturated rings. The van der Waals surface area contributed by atoms with Gasteiger partial charge in [-0.1, -0.05) is 13.8 Å². The van der Waals surface area contributed by atoms with E-state index in [-0.39, 0.29) is 17.4 Å². The third-order valence-electron chi connectivity index (χ3n) is 2.43. The van der Waals surface area contributed by atoms with Crippen molar-refractivity contribution in [3.63, 3.8) is 0 Å². The van der Waals surface area contributed by atoms with Gasteiger partial charge in [0.2, 0.25) is 0 Å². The first-order valence-electron chi connectivity index (χ1n) is 5.59. The first-order chi connectivity index (χ1) is 8.92. The zero-order valence-corrected chi connectivity index (χ0v) is 12.9. The smallest absolute Gasteiger partial charge is 0.264 e. The van der Waals surface area contributed by atoms with Crippen LogP contribution in [0.1, 0.15) is 30.3 Å². The number of thiophene rings is 1. The fraction of sp³-hybridized carbons (Fsp3) is 0.364. The van der Waals surface area contributed by atoms with Crippen LogP contribution >= 0.6 is 22.7 Å². The van der Waals surface area contributed by atoms with Crippen LogP contribution in [0, 0.1) is 0 Å². The fourth-order valence-corrected chi connectivity index (χ4v) is 4.61. The van der Waals surface area contributed by atoms with Crippen molar-refractivity contribution in [3.05, 3.63) is 27.4 Å². The molecule has 2 aromatic heterocycles. The van der Waals surface area contributed by atoms with Gasteiger partial charge in [-0.15, -0.1) is 22.7 Å². The Morgan fingerprint density at radius 3 is 2.63 bits per heavy atom. The first-order valence-corrected chi connectivity index (χ1v) is 8.83. The molecule has 0 aliphatic carbocycles. The summed E-state index contributed by atoms with van der Waals surface area (Å²) >= 11 is 2.48. The molecule has 0 atom stereocenters. The maximum atomic E-state index is 12.1. The Morgan fingerprint density at radius 2 is 2.11 bits per heavy atom. The van der Waals surface area contributed by atoms with Gasteiger partial charge in [0.15, 0.2) is 5.13 Å². The van der Waals surface area contributed by atoms with Gasteiger partial charge in [-0.25, -0.2) is 13.4 Å². The molecule has 2 rings (SSSR count). The Bertz CT molecular complexity index is 658. The first kappa shape index (κ1) is 14.4. The van der Waals surface area contributed by atoms with Crippen LogP contribution in [0.3, 0.4) is 0 Å². The molecule has 19 heavy (non-hydrogen) atoms. The molecule has 0 bridgehead atoms. The summed E-state index contributed by atoms with van der Waals surface area (Å²) in [5, 5.41) is 12.7. The van der Waals surface area contributed by atoms with Crippen LogP contribution < -0.4 is 4.72 Å². The molecule has 2 N–H and O–H groups in total. The zero-order chi connectivity index (χ0) is 14.0. The standard InChI is InChI=1S/C11H14N2O3S3/c1-7(2)10-6-18-11(12-10)13-19(15,16)9-3-8(4-14)17-5-9/h3,5-7,14H,4H2,1-2H3,(H,12,13). The number of nitrogens with one attached hydrogen (secondary N) is 1. The summed E-state index contributed by atoms with van der Waals surface area (Å²) in [5.41, 5.74) is 0.865. The van der Waals surface area contributed by atoms with Crippen LogP contribution in [-0.4, -0.2) is 18.5 Å². The van der Waals surface area contributed by atoms with Gasteiger partial charge in [0.1, 0.15) is 0 Å². The number of nitrogens with zero attached hydrogens (tertiary/aromatic N) is 1. The van der Waals surface area contributed by atoms with Crippen LogP contribution in [-0.2, 0) is 16.6 Å². The molecule has 0 unspecified atom stereocenters. The lowest BCUT2D eigenvalue weighted by molar-refractivity contribution is 0.285. The number of thiazole rings is 1.